The van der Waals surface area contributed by atoms with Crippen LogP contribution in [0.1, 0.15) is 41.0 Å². The van der Waals surface area contributed by atoms with E-state index in [2.05, 4.69) is 33.0 Å². The zero-order valence-electron chi connectivity index (χ0n) is 10.2. The van der Waals surface area contributed by atoms with E-state index in [0.717, 1.165) is 6.42 Å². The molecule has 1 atom stereocenters. The lowest BCUT2D eigenvalue weighted by Crippen LogP contribution is -2.45. The van der Waals surface area contributed by atoms with Crippen molar-refractivity contribution in [2.45, 2.75) is 52.6 Å². The van der Waals surface area contributed by atoms with E-state index >= 15 is 0 Å². The van der Waals surface area contributed by atoms with Gasteiger partial charge < -0.3 is 10.1 Å². The Balaban J connectivity index is 4.14. The molecular formula is C11H23NO2. The Morgan fingerprint density at radius 2 is 1.86 bits per heavy atom. The summed E-state index contributed by atoms with van der Waals surface area (Å²) in [6.45, 7) is 10.3. The van der Waals surface area contributed by atoms with Gasteiger partial charge in [-0.1, -0.05) is 20.8 Å². The van der Waals surface area contributed by atoms with Crippen molar-refractivity contribution in [3.05, 3.63) is 0 Å². The van der Waals surface area contributed by atoms with Crippen molar-refractivity contribution in [2.75, 3.05) is 7.11 Å². The van der Waals surface area contributed by atoms with Crippen LogP contribution in [-0.4, -0.2) is 24.7 Å². The van der Waals surface area contributed by atoms with Gasteiger partial charge in [-0.2, -0.15) is 0 Å². The van der Waals surface area contributed by atoms with Crippen LogP contribution in [-0.2, 0) is 9.53 Å². The fourth-order valence-corrected chi connectivity index (χ4v) is 1.89. The number of esters is 1. The van der Waals surface area contributed by atoms with Gasteiger partial charge in [0.25, 0.3) is 0 Å². The maximum atomic E-state index is 11.2. The van der Waals surface area contributed by atoms with Crippen LogP contribution >= 0.6 is 0 Å². The van der Waals surface area contributed by atoms with E-state index in [1.54, 1.807) is 0 Å². The summed E-state index contributed by atoms with van der Waals surface area (Å²) in [5, 5.41) is 3.42. The fourth-order valence-electron chi connectivity index (χ4n) is 1.89. The van der Waals surface area contributed by atoms with Gasteiger partial charge in [0.2, 0.25) is 0 Å². The largest absolute Gasteiger partial charge is 0.469 e. The summed E-state index contributed by atoms with van der Waals surface area (Å²) in [5.41, 5.74) is -0.0260. The Labute approximate surface area is 87.2 Å². The Morgan fingerprint density at radius 1 is 1.36 bits per heavy atom. The number of ether oxygens (including phenoxy) is 1. The second-order valence-corrected chi connectivity index (χ2v) is 4.81. The predicted octanol–water partition coefficient (Wildman–Crippen LogP) is 1.96. The number of rotatable bonds is 5. The monoisotopic (exact) mass is 201 g/mol. The van der Waals surface area contributed by atoms with E-state index in [9.17, 15) is 4.79 Å². The number of nitrogens with one attached hydrogen (secondary N) is 1. The second-order valence-electron chi connectivity index (χ2n) is 4.81. The molecule has 0 heterocycles. The van der Waals surface area contributed by atoms with Gasteiger partial charge in [0.05, 0.1) is 13.0 Å². The minimum atomic E-state index is -0.136. The molecule has 0 saturated heterocycles. The summed E-state index contributed by atoms with van der Waals surface area (Å²) in [4.78, 5) is 11.2. The van der Waals surface area contributed by atoms with Gasteiger partial charge in [0, 0.05) is 11.6 Å². The van der Waals surface area contributed by atoms with E-state index in [0.29, 0.717) is 6.04 Å². The molecule has 1 unspecified atom stereocenters. The molecule has 0 saturated carbocycles. The molecule has 1 N–H and O–H groups in total. The van der Waals surface area contributed by atoms with Gasteiger partial charge in [-0.05, 0) is 20.3 Å². The van der Waals surface area contributed by atoms with E-state index in [-0.39, 0.29) is 17.4 Å². The smallest absolute Gasteiger partial charge is 0.308 e. The highest BCUT2D eigenvalue weighted by Crippen LogP contribution is 2.17. The van der Waals surface area contributed by atoms with Gasteiger partial charge in [-0.3, -0.25) is 4.79 Å². The highest BCUT2D eigenvalue weighted by Gasteiger charge is 2.25. The average molecular weight is 201 g/mol. The molecular weight excluding hydrogens is 178 g/mol. The molecule has 3 nitrogen and oxygen atoms in total. The van der Waals surface area contributed by atoms with Gasteiger partial charge in [-0.25, -0.2) is 0 Å². The van der Waals surface area contributed by atoms with Crippen LogP contribution in [0.25, 0.3) is 0 Å². The van der Waals surface area contributed by atoms with Crippen LogP contribution < -0.4 is 5.32 Å². The van der Waals surface area contributed by atoms with Crippen molar-refractivity contribution < 1.29 is 9.53 Å². The molecule has 0 aromatic rings. The lowest BCUT2D eigenvalue weighted by molar-refractivity contribution is -0.145. The molecule has 0 aromatic carbocycles. The Morgan fingerprint density at radius 3 is 2.21 bits per heavy atom. The standard InChI is InChI=1S/C11H23NO2/c1-8(2)12-11(4,5)7-9(3)10(13)14-6/h8-9,12H,7H2,1-6H3. The first-order valence-electron chi connectivity index (χ1n) is 5.14. The zero-order chi connectivity index (χ0) is 11.4. The first-order valence-corrected chi connectivity index (χ1v) is 5.14. The van der Waals surface area contributed by atoms with Crippen LogP contribution in [0.15, 0.2) is 0 Å². The number of carbonyl (C=O) groups excluding carboxylic acids is 1. The maximum absolute atomic E-state index is 11.2. The molecule has 0 aliphatic carbocycles. The summed E-state index contributed by atoms with van der Waals surface area (Å²) in [5.74, 6) is -0.190. The van der Waals surface area contributed by atoms with Gasteiger partial charge in [0.15, 0.2) is 0 Å². The number of methoxy groups -OCH3 is 1. The van der Waals surface area contributed by atoms with E-state index in [4.69, 9.17) is 4.74 Å². The van der Waals surface area contributed by atoms with Crippen LogP contribution in [0.4, 0.5) is 0 Å². The molecule has 3 heteroatoms. The normalized spacial score (nSPS) is 14.2. The van der Waals surface area contributed by atoms with Gasteiger partial charge >= 0.3 is 5.97 Å². The molecule has 0 bridgehead atoms. The highest BCUT2D eigenvalue weighted by atomic mass is 16.5. The first kappa shape index (κ1) is 13.4. The number of carbonyl (C=O) groups is 1. The molecule has 0 amide bonds. The molecule has 84 valence electrons. The summed E-state index contributed by atoms with van der Waals surface area (Å²) in [6, 6.07) is 0.426. The topological polar surface area (TPSA) is 38.3 Å². The van der Waals surface area contributed by atoms with Crippen molar-refractivity contribution in [3.8, 4) is 0 Å². The Bertz CT molecular complexity index is 188. The summed E-state index contributed by atoms with van der Waals surface area (Å²) >= 11 is 0. The van der Waals surface area contributed by atoms with Crippen molar-refractivity contribution in [3.63, 3.8) is 0 Å². The summed E-state index contributed by atoms with van der Waals surface area (Å²) < 4.78 is 4.70. The Hall–Kier alpha value is -0.570. The van der Waals surface area contributed by atoms with Crippen molar-refractivity contribution in [1.82, 2.24) is 5.32 Å². The van der Waals surface area contributed by atoms with Gasteiger partial charge in [-0.15, -0.1) is 0 Å². The van der Waals surface area contributed by atoms with Crippen LogP contribution in [0, 0.1) is 5.92 Å². The summed E-state index contributed by atoms with van der Waals surface area (Å²) in [7, 11) is 1.43. The lowest BCUT2D eigenvalue weighted by atomic mass is 9.91. The highest BCUT2D eigenvalue weighted by molar-refractivity contribution is 5.71. The van der Waals surface area contributed by atoms with Crippen molar-refractivity contribution >= 4 is 5.97 Å². The average Bonchev–Trinajstić information content (AvgIpc) is 1.99. The van der Waals surface area contributed by atoms with E-state index < -0.39 is 0 Å². The molecule has 0 radical (unpaired) electrons. The SMILES string of the molecule is COC(=O)C(C)CC(C)(C)NC(C)C. The van der Waals surface area contributed by atoms with E-state index in [1.807, 2.05) is 6.92 Å². The third kappa shape index (κ3) is 5.22. The fraction of sp³-hybridized carbons (Fsp3) is 0.909. The third-order valence-corrected chi connectivity index (χ3v) is 2.10. The Kier molecular flexibility index (Phi) is 5.13. The van der Waals surface area contributed by atoms with Gasteiger partial charge in [0.1, 0.15) is 0 Å². The maximum Gasteiger partial charge on any atom is 0.308 e. The van der Waals surface area contributed by atoms with Crippen molar-refractivity contribution in [2.24, 2.45) is 5.92 Å². The molecule has 0 aliphatic rings. The van der Waals surface area contributed by atoms with Crippen LogP contribution in [0.5, 0.6) is 0 Å². The first-order chi connectivity index (χ1) is 6.28. The summed E-state index contributed by atoms with van der Waals surface area (Å²) in [6.07, 6.45) is 0.790. The molecule has 0 spiro atoms. The minimum Gasteiger partial charge on any atom is -0.469 e. The van der Waals surface area contributed by atoms with Crippen LogP contribution in [0.2, 0.25) is 0 Å². The number of hydrogen-bond acceptors (Lipinski definition) is 3. The van der Waals surface area contributed by atoms with Crippen molar-refractivity contribution in [1.29, 1.82) is 0 Å². The second kappa shape index (κ2) is 5.35. The van der Waals surface area contributed by atoms with Crippen LogP contribution in [0.3, 0.4) is 0 Å². The molecule has 0 fully saturated rings. The molecule has 14 heavy (non-hydrogen) atoms. The quantitative estimate of drug-likeness (QED) is 0.691. The molecule has 0 aromatic heterocycles. The molecule has 0 aliphatic heterocycles. The van der Waals surface area contributed by atoms with E-state index in [1.165, 1.54) is 7.11 Å². The lowest BCUT2D eigenvalue weighted by Gasteiger charge is -2.30. The predicted molar refractivity (Wildman–Crippen MR) is 58.1 cm³/mol. The third-order valence-electron chi connectivity index (χ3n) is 2.10. The molecule has 0 rings (SSSR count). The minimum absolute atomic E-state index is 0.0260. The number of hydrogen-bond donors (Lipinski definition) is 1. The zero-order valence-corrected chi connectivity index (χ0v) is 10.2.